The molecule has 0 aliphatic carbocycles. The summed E-state index contributed by atoms with van der Waals surface area (Å²) in [7, 11) is 0. The summed E-state index contributed by atoms with van der Waals surface area (Å²) >= 11 is 0. The quantitative estimate of drug-likeness (QED) is 0.0200. The molecular formula is C56H92O6. The van der Waals surface area contributed by atoms with Crippen LogP contribution in [0.3, 0.4) is 0 Å². The van der Waals surface area contributed by atoms with E-state index in [4.69, 9.17) is 14.2 Å². The van der Waals surface area contributed by atoms with Gasteiger partial charge in [-0.25, -0.2) is 0 Å². The minimum absolute atomic E-state index is 0.100. The highest BCUT2D eigenvalue weighted by Crippen LogP contribution is 2.13. The summed E-state index contributed by atoms with van der Waals surface area (Å²) in [5.74, 6) is -0.964. The van der Waals surface area contributed by atoms with Crippen molar-refractivity contribution in [1.82, 2.24) is 0 Å². The highest BCUT2D eigenvalue weighted by Gasteiger charge is 2.19. The third-order valence-corrected chi connectivity index (χ3v) is 10.3. The summed E-state index contributed by atoms with van der Waals surface area (Å²) in [6.45, 7) is 6.39. The largest absolute Gasteiger partial charge is 0.462 e. The van der Waals surface area contributed by atoms with Gasteiger partial charge in [-0.3, -0.25) is 14.4 Å². The van der Waals surface area contributed by atoms with Crippen LogP contribution < -0.4 is 0 Å². The van der Waals surface area contributed by atoms with E-state index in [0.717, 1.165) is 128 Å². The van der Waals surface area contributed by atoms with Crippen molar-refractivity contribution in [3.05, 3.63) is 97.2 Å². The second-order valence-electron chi connectivity index (χ2n) is 16.4. The predicted molar refractivity (Wildman–Crippen MR) is 265 cm³/mol. The molecule has 0 saturated carbocycles. The molecule has 0 aliphatic rings. The highest BCUT2D eigenvalue weighted by atomic mass is 16.6. The summed E-state index contributed by atoms with van der Waals surface area (Å²) in [5, 5.41) is 0. The molecule has 0 bridgehead atoms. The van der Waals surface area contributed by atoms with Crippen LogP contribution in [0.4, 0.5) is 0 Å². The lowest BCUT2D eigenvalue weighted by Gasteiger charge is -2.18. The molecule has 62 heavy (non-hydrogen) atoms. The number of carbonyl (C=O) groups excluding carboxylic acids is 3. The average Bonchev–Trinajstić information content (AvgIpc) is 3.27. The lowest BCUT2D eigenvalue weighted by atomic mass is 10.1. The lowest BCUT2D eigenvalue weighted by molar-refractivity contribution is -0.167. The number of carbonyl (C=O) groups is 3. The van der Waals surface area contributed by atoms with E-state index in [-0.39, 0.29) is 31.1 Å². The van der Waals surface area contributed by atoms with Crippen LogP contribution in [0, 0.1) is 0 Å². The van der Waals surface area contributed by atoms with Crippen molar-refractivity contribution in [2.75, 3.05) is 13.2 Å². The molecule has 0 aromatic rings. The molecule has 1 unspecified atom stereocenters. The van der Waals surface area contributed by atoms with E-state index in [9.17, 15) is 14.4 Å². The second kappa shape index (κ2) is 50.0. The monoisotopic (exact) mass is 861 g/mol. The molecule has 0 aromatic carbocycles. The van der Waals surface area contributed by atoms with Crippen LogP contribution in [0.2, 0.25) is 0 Å². The molecule has 0 radical (unpaired) electrons. The Balaban J connectivity index is 4.45. The standard InChI is InChI=1S/C56H92O6/c1-4-7-10-13-16-19-22-24-26-27-28-29-31-32-34-37-40-43-46-49-55(58)61-52-53(51-60-54(57)48-45-42-39-36-21-18-15-12-9-6-3)62-56(59)50-47-44-41-38-35-33-30-25-23-20-17-14-11-8-5-2/h7,10,15-20,23-26,28-29,32,34,53H,4-6,8-9,11-14,21-22,27,30-31,33,35-52H2,1-3H3/b10-7-,18-15-,19-16-,20-17-,25-23-,26-24-,29-28-,34-32-. The van der Waals surface area contributed by atoms with Gasteiger partial charge in [-0.2, -0.15) is 0 Å². The maximum absolute atomic E-state index is 12.8. The van der Waals surface area contributed by atoms with Crippen molar-refractivity contribution in [2.24, 2.45) is 0 Å². The van der Waals surface area contributed by atoms with Gasteiger partial charge in [-0.05, 0) is 109 Å². The van der Waals surface area contributed by atoms with Gasteiger partial charge in [0.2, 0.25) is 0 Å². The van der Waals surface area contributed by atoms with Gasteiger partial charge in [0.1, 0.15) is 13.2 Å². The van der Waals surface area contributed by atoms with Crippen molar-refractivity contribution in [2.45, 2.75) is 226 Å². The molecular weight excluding hydrogens is 769 g/mol. The zero-order valence-electron chi connectivity index (χ0n) is 40.1. The van der Waals surface area contributed by atoms with Crippen LogP contribution >= 0.6 is 0 Å². The fraction of sp³-hybridized carbons (Fsp3) is 0.661. The van der Waals surface area contributed by atoms with Crippen LogP contribution in [0.1, 0.15) is 220 Å². The Morgan fingerprint density at radius 1 is 0.355 bits per heavy atom. The number of ether oxygens (including phenoxy) is 3. The van der Waals surface area contributed by atoms with Gasteiger partial charge in [0.15, 0.2) is 6.10 Å². The van der Waals surface area contributed by atoms with Crippen LogP contribution in [0.5, 0.6) is 0 Å². The Kier molecular flexibility index (Phi) is 47.0. The molecule has 352 valence electrons. The summed E-state index contributed by atoms with van der Waals surface area (Å²) in [6, 6.07) is 0. The SMILES string of the molecule is CC/C=C\C/C=C\C/C=C\C/C=C\C/C=C\CCCCCC(=O)OCC(COC(=O)CCCCCC/C=C\CCCC)OC(=O)CCCCCCCC/C=C\C=C/CCCCC. The van der Waals surface area contributed by atoms with Crippen molar-refractivity contribution in [1.29, 1.82) is 0 Å². The molecule has 0 spiro atoms. The number of unbranched alkanes of at least 4 members (excludes halogenated alkanes) is 18. The van der Waals surface area contributed by atoms with Crippen molar-refractivity contribution in [3.63, 3.8) is 0 Å². The van der Waals surface area contributed by atoms with Crippen molar-refractivity contribution < 1.29 is 28.6 Å². The van der Waals surface area contributed by atoms with E-state index in [2.05, 4.69) is 118 Å². The summed E-state index contributed by atoms with van der Waals surface area (Å²) in [4.78, 5) is 37.9. The van der Waals surface area contributed by atoms with E-state index in [0.29, 0.717) is 19.3 Å². The molecule has 6 heteroatoms. The van der Waals surface area contributed by atoms with Gasteiger partial charge < -0.3 is 14.2 Å². The van der Waals surface area contributed by atoms with Crippen LogP contribution in [0.25, 0.3) is 0 Å². The van der Waals surface area contributed by atoms with E-state index in [1.54, 1.807) is 0 Å². The molecule has 6 nitrogen and oxygen atoms in total. The Labute approximate surface area is 381 Å². The lowest BCUT2D eigenvalue weighted by Crippen LogP contribution is -2.30. The number of hydrogen-bond acceptors (Lipinski definition) is 6. The average molecular weight is 861 g/mol. The molecule has 0 saturated heterocycles. The highest BCUT2D eigenvalue weighted by molar-refractivity contribution is 5.71. The zero-order chi connectivity index (χ0) is 45.1. The van der Waals surface area contributed by atoms with Gasteiger partial charge >= 0.3 is 17.9 Å². The first-order chi connectivity index (χ1) is 30.5. The minimum Gasteiger partial charge on any atom is -0.462 e. The fourth-order valence-electron chi connectivity index (χ4n) is 6.50. The van der Waals surface area contributed by atoms with Gasteiger partial charge in [-0.1, -0.05) is 189 Å². The van der Waals surface area contributed by atoms with Crippen molar-refractivity contribution in [3.8, 4) is 0 Å². The van der Waals surface area contributed by atoms with Gasteiger partial charge in [0.25, 0.3) is 0 Å². The molecule has 1 atom stereocenters. The molecule has 0 aliphatic heterocycles. The van der Waals surface area contributed by atoms with E-state index in [1.165, 1.54) is 51.4 Å². The third-order valence-electron chi connectivity index (χ3n) is 10.3. The van der Waals surface area contributed by atoms with Crippen LogP contribution in [0.15, 0.2) is 97.2 Å². The molecule has 0 rings (SSSR count). The van der Waals surface area contributed by atoms with Gasteiger partial charge in [0.05, 0.1) is 0 Å². The smallest absolute Gasteiger partial charge is 0.306 e. The number of rotatable bonds is 44. The summed E-state index contributed by atoms with van der Waals surface area (Å²) in [5.41, 5.74) is 0. The Morgan fingerprint density at radius 2 is 0.694 bits per heavy atom. The molecule has 0 N–H and O–H groups in total. The molecule has 0 aromatic heterocycles. The Morgan fingerprint density at radius 3 is 1.16 bits per heavy atom. The first-order valence-electron chi connectivity index (χ1n) is 25.3. The molecule has 0 amide bonds. The van der Waals surface area contributed by atoms with E-state index < -0.39 is 6.10 Å². The van der Waals surface area contributed by atoms with Crippen molar-refractivity contribution >= 4 is 17.9 Å². The zero-order valence-corrected chi connectivity index (χ0v) is 40.1. The van der Waals surface area contributed by atoms with Crippen LogP contribution in [-0.2, 0) is 28.6 Å². The first kappa shape index (κ1) is 58.3. The summed E-state index contributed by atoms with van der Waals surface area (Å²) < 4.78 is 16.7. The Bertz CT molecular complexity index is 1260. The normalized spacial score (nSPS) is 12.9. The number of esters is 3. The molecule has 0 heterocycles. The topological polar surface area (TPSA) is 78.9 Å². The maximum Gasteiger partial charge on any atom is 0.306 e. The number of allylic oxidation sites excluding steroid dienone is 16. The van der Waals surface area contributed by atoms with Gasteiger partial charge in [-0.15, -0.1) is 0 Å². The van der Waals surface area contributed by atoms with E-state index >= 15 is 0 Å². The Hall–Kier alpha value is -3.67. The first-order valence-corrected chi connectivity index (χ1v) is 25.3. The minimum atomic E-state index is -0.801. The van der Waals surface area contributed by atoms with Gasteiger partial charge in [0, 0.05) is 19.3 Å². The third kappa shape index (κ3) is 47.4. The predicted octanol–water partition coefficient (Wildman–Crippen LogP) is 16.6. The molecule has 0 fully saturated rings. The van der Waals surface area contributed by atoms with E-state index in [1.807, 2.05) is 0 Å². The van der Waals surface area contributed by atoms with Crippen LogP contribution in [-0.4, -0.2) is 37.2 Å². The maximum atomic E-state index is 12.8. The summed E-state index contributed by atoms with van der Waals surface area (Å²) in [6.07, 6.45) is 65.3. The second-order valence-corrected chi connectivity index (χ2v) is 16.4. The fourth-order valence-corrected chi connectivity index (χ4v) is 6.50. The number of hydrogen-bond donors (Lipinski definition) is 0.